The molecule has 0 aliphatic rings. The van der Waals surface area contributed by atoms with E-state index >= 15 is 0 Å². The van der Waals surface area contributed by atoms with E-state index < -0.39 is 11.7 Å². The minimum atomic E-state index is -0.561. The number of unbranched alkanes of at least 4 members (excludes halogenated alkanes) is 4. The Kier molecular flexibility index (Phi) is 9.75. The molecule has 1 atom stereocenters. The van der Waals surface area contributed by atoms with Crippen LogP contribution in [0.15, 0.2) is 51.8 Å². The van der Waals surface area contributed by atoms with Crippen LogP contribution < -0.4 is 21.8 Å². The average Bonchev–Trinajstić information content (AvgIpc) is 2.81. The van der Waals surface area contributed by atoms with Crippen molar-refractivity contribution in [1.82, 2.24) is 4.98 Å². The Hall–Kier alpha value is -2.39. The molecule has 2 aromatic heterocycles. The van der Waals surface area contributed by atoms with Crippen LogP contribution in [0.3, 0.4) is 0 Å². The lowest BCUT2D eigenvalue weighted by atomic mass is 10.1. The molecule has 0 aliphatic heterocycles. The fourth-order valence-corrected chi connectivity index (χ4v) is 4.27. The summed E-state index contributed by atoms with van der Waals surface area (Å²) in [5.41, 5.74) is 12.1. The van der Waals surface area contributed by atoms with Gasteiger partial charge in [0.25, 0.3) is 0 Å². The van der Waals surface area contributed by atoms with E-state index in [1.165, 1.54) is 11.8 Å². The molecule has 4 N–H and O–H groups in total. The van der Waals surface area contributed by atoms with Crippen LogP contribution >= 0.6 is 23.4 Å². The Morgan fingerprint density at radius 2 is 1.94 bits per heavy atom. The molecule has 33 heavy (non-hydrogen) atoms. The Morgan fingerprint density at radius 3 is 2.73 bits per heavy atom. The number of carbonyl (C=O) groups excluding carboxylic acids is 1. The van der Waals surface area contributed by atoms with Gasteiger partial charge in [0.15, 0.2) is 0 Å². The van der Waals surface area contributed by atoms with Crippen molar-refractivity contribution in [3.8, 4) is 17.0 Å². The topological polar surface area (TPSA) is 121 Å². The van der Waals surface area contributed by atoms with E-state index in [9.17, 15) is 9.59 Å². The summed E-state index contributed by atoms with van der Waals surface area (Å²) < 4.78 is 11.2. The standard InChI is InChI=1S/C24H28ClN3O4S/c25-18-8-6-7-16(11-18)19-12-17-15-28-22(13-21(17)32-23(19)29)31-9-4-2-1-3-5-10-33-24(30)20(27)14-26/h6-8,11-13,15,20H,1-5,9-10,14,26-27H2. The molecule has 2 heterocycles. The molecule has 1 unspecified atom stereocenters. The molecule has 0 bridgehead atoms. The van der Waals surface area contributed by atoms with Crippen LogP contribution in [0.25, 0.3) is 22.1 Å². The monoisotopic (exact) mass is 489 g/mol. The third-order valence-corrected chi connectivity index (χ3v) is 6.38. The summed E-state index contributed by atoms with van der Waals surface area (Å²) >= 11 is 7.30. The first-order valence-electron chi connectivity index (χ1n) is 10.9. The Morgan fingerprint density at radius 1 is 1.15 bits per heavy atom. The van der Waals surface area contributed by atoms with Gasteiger partial charge in [-0.1, -0.05) is 54.8 Å². The zero-order chi connectivity index (χ0) is 23.6. The maximum Gasteiger partial charge on any atom is 0.344 e. The minimum Gasteiger partial charge on any atom is -0.478 e. The summed E-state index contributed by atoms with van der Waals surface area (Å²) in [6.07, 6.45) is 6.63. The minimum absolute atomic E-state index is 0.0368. The Balaban J connectivity index is 1.42. The van der Waals surface area contributed by atoms with E-state index in [1.807, 2.05) is 6.07 Å². The van der Waals surface area contributed by atoms with Crippen LogP contribution in [0, 0.1) is 0 Å². The van der Waals surface area contributed by atoms with Crippen molar-refractivity contribution in [2.45, 2.75) is 38.1 Å². The summed E-state index contributed by atoms with van der Waals surface area (Å²) in [6.45, 7) is 0.718. The predicted octanol–water partition coefficient (Wildman–Crippen LogP) is 4.38. The highest BCUT2D eigenvalue weighted by atomic mass is 35.5. The fourth-order valence-electron chi connectivity index (χ4n) is 3.22. The zero-order valence-electron chi connectivity index (χ0n) is 18.3. The number of rotatable bonds is 12. The third-order valence-electron chi connectivity index (χ3n) is 5.07. The van der Waals surface area contributed by atoms with Gasteiger partial charge in [0.2, 0.25) is 11.0 Å². The highest BCUT2D eigenvalue weighted by Crippen LogP contribution is 2.24. The summed E-state index contributed by atoms with van der Waals surface area (Å²) in [5, 5.41) is 1.22. The van der Waals surface area contributed by atoms with Crippen molar-refractivity contribution in [3.63, 3.8) is 0 Å². The van der Waals surface area contributed by atoms with Crippen molar-refractivity contribution in [2.24, 2.45) is 11.5 Å². The van der Waals surface area contributed by atoms with Gasteiger partial charge in [-0.2, -0.15) is 0 Å². The van der Waals surface area contributed by atoms with Crippen LogP contribution in [0.2, 0.25) is 5.02 Å². The van der Waals surface area contributed by atoms with E-state index in [4.69, 9.17) is 32.2 Å². The second-order valence-electron chi connectivity index (χ2n) is 7.64. The van der Waals surface area contributed by atoms with Crippen molar-refractivity contribution < 1.29 is 13.9 Å². The van der Waals surface area contributed by atoms with Crippen LogP contribution in [-0.4, -0.2) is 35.0 Å². The van der Waals surface area contributed by atoms with Gasteiger partial charge in [-0.15, -0.1) is 0 Å². The summed E-state index contributed by atoms with van der Waals surface area (Å²) in [4.78, 5) is 28.4. The molecule has 0 saturated heterocycles. The van der Waals surface area contributed by atoms with Gasteiger partial charge in [-0.3, -0.25) is 4.79 Å². The molecule has 3 rings (SSSR count). The maximum absolute atomic E-state index is 12.4. The van der Waals surface area contributed by atoms with Crippen LogP contribution in [0.1, 0.15) is 32.1 Å². The third kappa shape index (κ3) is 7.57. The Labute approximate surface area is 201 Å². The van der Waals surface area contributed by atoms with E-state index in [2.05, 4.69) is 4.98 Å². The number of aromatic nitrogens is 1. The second-order valence-corrected chi connectivity index (χ2v) is 9.18. The number of hydrogen-bond donors (Lipinski definition) is 2. The molecule has 3 aromatic rings. The van der Waals surface area contributed by atoms with Crippen LogP contribution in [0.4, 0.5) is 0 Å². The molecule has 0 amide bonds. The fraction of sp³-hybridized carbons (Fsp3) is 0.375. The first-order chi connectivity index (χ1) is 16.0. The highest BCUT2D eigenvalue weighted by Gasteiger charge is 2.11. The van der Waals surface area contributed by atoms with Gasteiger partial charge in [0.1, 0.15) is 5.58 Å². The average molecular weight is 490 g/mol. The van der Waals surface area contributed by atoms with E-state index in [0.717, 1.165) is 37.9 Å². The van der Waals surface area contributed by atoms with Gasteiger partial charge in [-0.25, -0.2) is 9.78 Å². The van der Waals surface area contributed by atoms with Crippen molar-refractivity contribution in [2.75, 3.05) is 18.9 Å². The largest absolute Gasteiger partial charge is 0.478 e. The smallest absolute Gasteiger partial charge is 0.344 e. The van der Waals surface area contributed by atoms with Crippen molar-refractivity contribution >= 4 is 39.4 Å². The van der Waals surface area contributed by atoms with E-state index in [-0.39, 0.29) is 11.7 Å². The molecule has 7 nitrogen and oxygen atoms in total. The van der Waals surface area contributed by atoms with Crippen LogP contribution in [-0.2, 0) is 4.79 Å². The number of fused-ring (bicyclic) bond motifs is 1. The molecule has 0 spiro atoms. The summed E-state index contributed by atoms with van der Waals surface area (Å²) in [5.74, 6) is 1.20. The molecule has 0 saturated carbocycles. The molecule has 0 aliphatic carbocycles. The first kappa shape index (κ1) is 25.2. The first-order valence-corrected chi connectivity index (χ1v) is 12.3. The number of benzene rings is 1. The number of nitrogens with two attached hydrogens (primary N) is 2. The quantitative estimate of drug-likeness (QED) is 0.359. The number of carbonyl (C=O) groups is 1. The number of ether oxygens (including phenoxy) is 1. The number of halogens is 1. The Bertz CT molecular complexity index is 1140. The number of pyridine rings is 1. The number of thioether (sulfide) groups is 1. The van der Waals surface area contributed by atoms with E-state index in [1.54, 1.807) is 36.5 Å². The van der Waals surface area contributed by atoms with E-state index in [0.29, 0.717) is 39.6 Å². The van der Waals surface area contributed by atoms with Crippen molar-refractivity contribution in [3.05, 3.63) is 58.0 Å². The van der Waals surface area contributed by atoms with Gasteiger partial charge in [0, 0.05) is 35.0 Å². The van der Waals surface area contributed by atoms with Gasteiger partial charge >= 0.3 is 5.63 Å². The molecule has 0 radical (unpaired) electrons. The second kappa shape index (κ2) is 12.7. The molecular weight excluding hydrogens is 462 g/mol. The number of nitrogens with zero attached hydrogens (tertiary/aromatic N) is 1. The summed E-state index contributed by atoms with van der Waals surface area (Å²) in [7, 11) is 0. The number of hydrogen-bond acceptors (Lipinski definition) is 8. The lowest BCUT2D eigenvalue weighted by Gasteiger charge is -2.07. The normalized spacial score (nSPS) is 12.1. The van der Waals surface area contributed by atoms with Crippen LogP contribution in [0.5, 0.6) is 5.88 Å². The molecule has 1 aromatic carbocycles. The zero-order valence-corrected chi connectivity index (χ0v) is 19.9. The van der Waals surface area contributed by atoms with Crippen molar-refractivity contribution in [1.29, 1.82) is 0 Å². The highest BCUT2D eigenvalue weighted by molar-refractivity contribution is 8.13. The van der Waals surface area contributed by atoms with Gasteiger partial charge in [-0.05, 0) is 36.6 Å². The molecule has 0 fully saturated rings. The molecular formula is C24H28ClN3O4S. The lowest BCUT2D eigenvalue weighted by Crippen LogP contribution is -2.36. The lowest BCUT2D eigenvalue weighted by molar-refractivity contribution is -0.111. The van der Waals surface area contributed by atoms with Gasteiger partial charge in [0.05, 0.1) is 18.2 Å². The SMILES string of the molecule is NCC(N)C(=O)SCCCCCCCOc1cc2oc(=O)c(-c3cccc(Cl)c3)cc2cn1. The maximum atomic E-state index is 12.4. The summed E-state index contributed by atoms with van der Waals surface area (Å²) in [6, 6.07) is 9.90. The molecule has 9 heteroatoms. The van der Waals surface area contributed by atoms with Gasteiger partial charge < -0.3 is 20.6 Å². The molecule has 176 valence electrons. The predicted molar refractivity (Wildman–Crippen MR) is 134 cm³/mol.